The van der Waals surface area contributed by atoms with Gasteiger partial charge in [0.15, 0.2) is 11.6 Å². The van der Waals surface area contributed by atoms with E-state index in [2.05, 4.69) is 5.10 Å². The number of hydrogen-bond donors (Lipinski definition) is 1. The second-order valence-corrected chi connectivity index (χ2v) is 6.40. The topological polar surface area (TPSA) is 117 Å². The molecule has 10 heteroatoms. The summed E-state index contributed by atoms with van der Waals surface area (Å²) >= 11 is 6.08. The normalized spacial score (nSPS) is 10.4. The lowest BCUT2D eigenvalue weighted by Crippen LogP contribution is -2.23. The molecule has 2 aromatic carbocycles. The Hall–Kier alpha value is -3.66. The van der Waals surface area contributed by atoms with Crippen LogP contribution in [0.25, 0.3) is 0 Å². The SMILES string of the molecule is Cn1c(Cc2ccc(Cl)c(Oc3cc(C#N)cc(C#N)c3)c2F)nn(CO)c1=O. The molecule has 0 radical (unpaired) electrons. The van der Waals surface area contributed by atoms with Crippen molar-refractivity contribution in [2.45, 2.75) is 13.2 Å². The minimum Gasteiger partial charge on any atom is -0.453 e. The van der Waals surface area contributed by atoms with E-state index in [-0.39, 0.29) is 45.5 Å². The molecule has 29 heavy (non-hydrogen) atoms. The molecule has 146 valence electrons. The number of aliphatic hydroxyl groups is 1. The summed E-state index contributed by atoms with van der Waals surface area (Å²) in [5, 5.41) is 31.2. The zero-order valence-electron chi connectivity index (χ0n) is 15.1. The highest BCUT2D eigenvalue weighted by Crippen LogP contribution is 2.35. The average molecular weight is 414 g/mol. The standard InChI is InChI=1S/C19H13ClFN5O3/c1-25-16(24-26(10-27)19(25)28)7-13-2-3-15(20)18(17(13)21)29-14-5-11(8-22)4-12(6-14)9-23/h2-6,27H,7,10H2,1H3. The molecule has 1 N–H and O–H groups in total. The minimum atomic E-state index is -0.774. The zero-order chi connectivity index (χ0) is 21.1. The van der Waals surface area contributed by atoms with E-state index < -0.39 is 18.2 Å². The molecule has 0 spiro atoms. The van der Waals surface area contributed by atoms with Crippen molar-refractivity contribution in [1.82, 2.24) is 14.3 Å². The number of nitrogens with zero attached hydrogens (tertiary/aromatic N) is 5. The molecule has 1 aromatic heterocycles. The molecule has 8 nitrogen and oxygen atoms in total. The van der Waals surface area contributed by atoms with Crippen LogP contribution in [0.4, 0.5) is 4.39 Å². The van der Waals surface area contributed by atoms with Crippen LogP contribution in [0.3, 0.4) is 0 Å². The highest BCUT2D eigenvalue weighted by molar-refractivity contribution is 6.32. The molecule has 0 aliphatic rings. The fourth-order valence-electron chi connectivity index (χ4n) is 2.66. The van der Waals surface area contributed by atoms with E-state index in [0.29, 0.717) is 0 Å². The lowest BCUT2D eigenvalue weighted by molar-refractivity contribution is 0.189. The molecule has 0 atom stereocenters. The van der Waals surface area contributed by atoms with Crippen LogP contribution in [0.5, 0.6) is 11.5 Å². The van der Waals surface area contributed by atoms with Gasteiger partial charge in [0.1, 0.15) is 18.3 Å². The second-order valence-electron chi connectivity index (χ2n) is 6.00. The minimum absolute atomic E-state index is 0.0121. The van der Waals surface area contributed by atoms with Crippen LogP contribution in [-0.4, -0.2) is 19.5 Å². The van der Waals surface area contributed by atoms with Crippen molar-refractivity contribution in [2.24, 2.45) is 7.05 Å². The van der Waals surface area contributed by atoms with Crippen molar-refractivity contribution in [1.29, 1.82) is 10.5 Å². The van der Waals surface area contributed by atoms with Gasteiger partial charge in [-0.2, -0.15) is 20.3 Å². The summed E-state index contributed by atoms with van der Waals surface area (Å²) in [6.07, 6.45) is -0.0558. The first-order valence-electron chi connectivity index (χ1n) is 8.21. The summed E-state index contributed by atoms with van der Waals surface area (Å²) in [6, 6.07) is 10.7. The maximum Gasteiger partial charge on any atom is 0.347 e. The molecule has 1 heterocycles. The molecule has 0 aliphatic carbocycles. The highest BCUT2D eigenvalue weighted by atomic mass is 35.5. The Bertz CT molecular complexity index is 1200. The van der Waals surface area contributed by atoms with Crippen molar-refractivity contribution in [3.8, 4) is 23.6 Å². The van der Waals surface area contributed by atoms with E-state index >= 15 is 4.39 Å². The van der Waals surface area contributed by atoms with E-state index in [1.807, 2.05) is 12.1 Å². The van der Waals surface area contributed by atoms with Crippen molar-refractivity contribution in [3.63, 3.8) is 0 Å². The smallest absolute Gasteiger partial charge is 0.347 e. The summed E-state index contributed by atoms with van der Waals surface area (Å²) < 4.78 is 22.7. The van der Waals surface area contributed by atoms with Crippen LogP contribution < -0.4 is 10.4 Å². The molecular weight excluding hydrogens is 401 g/mol. The number of nitriles is 2. The van der Waals surface area contributed by atoms with Crippen LogP contribution in [0.2, 0.25) is 5.02 Å². The molecule has 0 bridgehead atoms. The number of hydrogen-bond acceptors (Lipinski definition) is 6. The molecule has 0 aliphatic heterocycles. The fraction of sp³-hybridized carbons (Fsp3) is 0.158. The lowest BCUT2D eigenvalue weighted by Gasteiger charge is -2.12. The first kappa shape index (κ1) is 20.1. The Kier molecular flexibility index (Phi) is 5.64. The Morgan fingerprint density at radius 1 is 1.24 bits per heavy atom. The van der Waals surface area contributed by atoms with Crippen molar-refractivity contribution < 1.29 is 14.2 Å². The Morgan fingerprint density at radius 3 is 2.45 bits per heavy atom. The van der Waals surface area contributed by atoms with E-state index in [9.17, 15) is 4.79 Å². The van der Waals surface area contributed by atoms with Crippen molar-refractivity contribution in [2.75, 3.05) is 0 Å². The van der Waals surface area contributed by atoms with Gasteiger partial charge in [-0.1, -0.05) is 17.7 Å². The van der Waals surface area contributed by atoms with Gasteiger partial charge in [-0.15, -0.1) is 0 Å². The maximum atomic E-state index is 15.1. The summed E-state index contributed by atoms with van der Waals surface area (Å²) in [7, 11) is 1.46. The number of benzene rings is 2. The van der Waals surface area contributed by atoms with Gasteiger partial charge in [0.25, 0.3) is 0 Å². The van der Waals surface area contributed by atoms with E-state index in [0.717, 1.165) is 4.68 Å². The average Bonchev–Trinajstić information content (AvgIpc) is 3.00. The van der Waals surface area contributed by atoms with Crippen molar-refractivity contribution >= 4 is 11.6 Å². The summed E-state index contributed by atoms with van der Waals surface area (Å²) in [5.41, 5.74) is -0.0298. The van der Waals surface area contributed by atoms with Gasteiger partial charge in [-0.05, 0) is 29.8 Å². The third kappa shape index (κ3) is 3.97. The van der Waals surface area contributed by atoms with Gasteiger partial charge in [-0.3, -0.25) is 4.57 Å². The van der Waals surface area contributed by atoms with Gasteiger partial charge < -0.3 is 9.84 Å². The second kappa shape index (κ2) is 8.15. The summed E-state index contributed by atoms with van der Waals surface area (Å²) in [6.45, 7) is -0.597. The molecule has 3 aromatic rings. The Balaban J connectivity index is 2.00. The first-order chi connectivity index (χ1) is 13.9. The molecule has 0 saturated carbocycles. The van der Waals surface area contributed by atoms with E-state index in [1.165, 1.54) is 41.9 Å². The van der Waals surface area contributed by atoms with Crippen LogP contribution in [0.1, 0.15) is 22.5 Å². The third-order valence-corrected chi connectivity index (χ3v) is 4.42. The predicted molar refractivity (Wildman–Crippen MR) is 99.8 cm³/mol. The molecule has 0 unspecified atom stereocenters. The molecular formula is C19H13ClFN5O3. The number of rotatable bonds is 5. The lowest BCUT2D eigenvalue weighted by atomic mass is 10.1. The van der Waals surface area contributed by atoms with Crippen LogP contribution in [0, 0.1) is 28.5 Å². The quantitative estimate of drug-likeness (QED) is 0.686. The fourth-order valence-corrected chi connectivity index (χ4v) is 2.84. The van der Waals surface area contributed by atoms with Crippen LogP contribution in [0.15, 0.2) is 35.1 Å². The highest BCUT2D eigenvalue weighted by Gasteiger charge is 2.18. The van der Waals surface area contributed by atoms with Crippen LogP contribution in [-0.2, 0) is 20.2 Å². The zero-order valence-corrected chi connectivity index (χ0v) is 15.8. The van der Waals surface area contributed by atoms with Gasteiger partial charge in [-0.25, -0.2) is 9.18 Å². The predicted octanol–water partition coefficient (Wildman–Crippen LogP) is 2.45. The number of aromatic nitrogens is 3. The van der Waals surface area contributed by atoms with E-state index in [4.69, 9.17) is 32.0 Å². The van der Waals surface area contributed by atoms with E-state index in [1.54, 1.807) is 0 Å². The number of ether oxygens (including phenoxy) is 1. The maximum absolute atomic E-state index is 15.1. The van der Waals surface area contributed by atoms with Gasteiger partial charge in [0, 0.05) is 13.5 Å². The van der Waals surface area contributed by atoms with Gasteiger partial charge in [0.2, 0.25) is 0 Å². The van der Waals surface area contributed by atoms with Crippen LogP contribution >= 0.6 is 11.6 Å². The summed E-state index contributed by atoms with van der Waals surface area (Å²) in [4.78, 5) is 11.9. The number of halogens is 2. The third-order valence-electron chi connectivity index (χ3n) is 4.13. The van der Waals surface area contributed by atoms with Crippen molar-refractivity contribution in [3.05, 3.63) is 74.2 Å². The summed E-state index contributed by atoms with van der Waals surface area (Å²) in [5.74, 6) is -0.746. The molecule has 0 amide bonds. The Labute approximate surface area is 169 Å². The molecule has 0 fully saturated rings. The van der Waals surface area contributed by atoms with Gasteiger partial charge in [0.05, 0.1) is 28.3 Å². The monoisotopic (exact) mass is 413 g/mol. The molecule has 0 saturated heterocycles. The first-order valence-corrected chi connectivity index (χ1v) is 8.59. The Morgan fingerprint density at radius 2 is 1.90 bits per heavy atom. The van der Waals surface area contributed by atoms with Gasteiger partial charge >= 0.3 is 5.69 Å². The molecule has 3 rings (SSSR count). The largest absolute Gasteiger partial charge is 0.453 e. The number of aliphatic hydroxyl groups excluding tert-OH is 1.